The minimum Gasteiger partial charge on any atom is -0.444 e. The highest BCUT2D eigenvalue weighted by Gasteiger charge is 2.35. The number of alkyl halides is 3. The molecule has 2 aromatic rings. The van der Waals surface area contributed by atoms with Gasteiger partial charge in [-0.05, 0) is 51.5 Å². The molecule has 1 fully saturated rings. The SMILES string of the molecule is CN(C(=O)OC(C)(C)C)[C@@H]1CCN(C(=O)C#Cc2ccc(-c3ccccn3)c(C(F)(F)F)c2)C1. The maximum atomic E-state index is 13.7. The zero-order valence-corrected chi connectivity index (χ0v) is 19.4. The first-order valence-electron chi connectivity index (χ1n) is 10.7. The topological polar surface area (TPSA) is 62.7 Å². The van der Waals surface area contributed by atoms with Gasteiger partial charge in [-0.1, -0.05) is 18.1 Å². The van der Waals surface area contributed by atoms with Crippen molar-refractivity contribution in [3.8, 4) is 23.1 Å². The lowest BCUT2D eigenvalue weighted by molar-refractivity contribution is -0.137. The van der Waals surface area contributed by atoms with Crippen LogP contribution in [0.25, 0.3) is 11.3 Å². The molecule has 2 heterocycles. The lowest BCUT2D eigenvalue weighted by Gasteiger charge is -2.28. The Labute approximate surface area is 196 Å². The normalized spacial score (nSPS) is 16.0. The van der Waals surface area contributed by atoms with Crippen LogP contribution in [-0.4, -0.2) is 58.6 Å². The monoisotopic (exact) mass is 473 g/mol. The molecule has 34 heavy (non-hydrogen) atoms. The predicted octanol–water partition coefficient (Wildman–Crippen LogP) is 4.59. The maximum Gasteiger partial charge on any atom is 0.417 e. The lowest BCUT2D eigenvalue weighted by Crippen LogP contribution is -2.42. The first-order chi connectivity index (χ1) is 15.8. The Morgan fingerprint density at radius 1 is 1.18 bits per heavy atom. The van der Waals surface area contributed by atoms with Gasteiger partial charge in [-0.25, -0.2) is 4.79 Å². The van der Waals surface area contributed by atoms with Crippen LogP contribution in [0.15, 0.2) is 42.6 Å². The van der Waals surface area contributed by atoms with Gasteiger partial charge in [0.1, 0.15) is 5.60 Å². The fourth-order valence-electron chi connectivity index (χ4n) is 3.53. The number of benzene rings is 1. The molecule has 6 nitrogen and oxygen atoms in total. The summed E-state index contributed by atoms with van der Waals surface area (Å²) in [7, 11) is 1.61. The first-order valence-corrected chi connectivity index (χ1v) is 10.7. The molecular formula is C25H26F3N3O3. The van der Waals surface area contributed by atoms with Crippen LogP contribution in [0.3, 0.4) is 0 Å². The van der Waals surface area contributed by atoms with E-state index in [9.17, 15) is 22.8 Å². The third-order valence-corrected chi connectivity index (χ3v) is 5.26. The van der Waals surface area contributed by atoms with Crippen LogP contribution in [0.5, 0.6) is 0 Å². The summed E-state index contributed by atoms with van der Waals surface area (Å²) in [6.07, 6.45) is -3.11. The van der Waals surface area contributed by atoms with Gasteiger partial charge >= 0.3 is 12.3 Å². The fourth-order valence-corrected chi connectivity index (χ4v) is 3.53. The van der Waals surface area contributed by atoms with Crippen molar-refractivity contribution in [2.45, 2.75) is 45.0 Å². The predicted molar refractivity (Wildman–Crippen MR) is 121 cm³/mol. The van der Waals surface area contributed by atoms with E-state index in [0.29, 0.717) is 13.0 Å². The van der Waals surface area contributed by atoms with Crippen LogP contribution < -0.4 is 0 Å². The number of pyridine rings is 1. The quantitative estimate of drug-likeness (QED) is 0.599. The maximum absolute atomic E-state index is 13.7. The number of aromatic nitrogens is 1. The standard InChI is InChI=1S/C25H26F3N3O3/c1-24(2,3)34-23(33)30(4)18-12-14-31(16-18)22(32)11-9-17-8-10-19(20(15-17)25(26,27)28)21-7-5-6-13-29-21/h5-8,10,13,15,18H,12,14,16H2,1-4H3/t18-/m1/s1. The Morgan fingerprint density at radius 3 is 2.53 bits per heavy atom. The molecule has 2 amide bonds. The largest absolute Gasteiger partial charge is 0.444 e. The highest BCUT2D eigenvalue weighted by atomic mass is 19.4. The zero-order chi connectivity index (χ0) is 25.1. The molecule has 0 radical (unpaired) electrons. The summed E-state index contributed by atoms with van der Waals surface area (Å²) in [5, 5.41) is 0. The molecule has 0 bridgehead atoms. The van der Waals surface area contributed by atoms with Crippen LogP contribution in [0.1, 0.15) is 38.3 Å². The Hall–Kier alpha value is -3.54. The average molecular weight is 473 g/mol. The van der Waals surface area contributed by atoms with Gasteiger partial charge in [0.25, 0.3) is 5.91 Å². The summed E-state index contributed by atoms with van der Waals surface area (Å²) in [4.78, 5) is 31.7. The van der Waals surface area contributed by atoms with Crippen LogP contribution >= 0.6 is 0 Å². The molecule has 3 rings (SSSR count). The van der Waals surface area contributed by atoms with E-state index in [2.05, 4.69) is 16.8 Å². The number of likely N-dealkylation sites (tertiary alicyclic amines) is 1. The molecule has 1 atom stereocenters. The van der Waals surface area contributed by atoms with Crippen LogP contribution in [0.4, 0.5) is 18.0 Å². The number of ether oxygens (including phenoxy) is 1. The Bertz CT molecular complexity index is 1120. The second-order valence-electron chi connectivity index (χ2n) is 9.01. The molecule has 180 valence electrons. The van der Waals surface area contributed by atoms with Crippen LogP contribution in [0.2, 0.25) is 0 Å². The number of carbonyl (C=O) groups is 2. The van der Waals surface area contributed by atoms with Gasteiger partial charge in [0.15, 0.2) is 0 Å². The summed E-state index contributed by atoms with van der Waals surface area (Å²) in [5.74, 6) is 4.46. The number of carbonyl (C=O) groups excluding carboxylic acids is 2. The summed E-state index contributed by atoms with van der Waals surface area (Å²) in [6, 6.07) is 8.17. The fraction of sp³-hybridized carbons (Fsp3) is 0.400. The smallest absolute Gasteiger partial charge is 0.417 e. The Kier molecular flexibility index (Phi) is 7.20. The molecular weight excluding hydrogens is 447 g/mol. The van der Waals surface area contributed by atoms with Gasteiger partial charge in [-0.2, -0.15) is 13.2 Å². The highest BCUT2D eigenvalue weighted by molar-refractivity contribution is 5.94. The second-order valence-corrected chi connectivity index (χ2v) is 9.01. The van der Waals surface area contributed by atoms with E-state index in [4.69, 9.17) is 4.74 Å². The van der Waals surface area contributed by atoms with Gasteiger partial charge in [0.2, 0.25) is 0 Å². The van der Waals surface area contributed by atoms with Gasteiger partial charge < -0.3 is 14.5 Å². The molecule has 0 N–H and O–H groups in total. The van der Waals surface area contributed by atoms with Gasteiger partial charge in [0, 0.05) is 43.4 Å². The number of rotatable bonds is 2. The number of halogens is 3. The van der Waals surface area contributed by atoms with Crippen molar-refractivity contribution in [1.29, 1.82) is 0 Å². The van der Waals surface area contributed by atoms with Crippen molar-refractivity contribution in [2.24, 2.45) is 0 Å². The van der Waals surface area contributed by atoms with E-state index < -0.39 is 29.3 Å². The van der Waals surface area contributed by atoms with Crippen LogP contribution in [-0.2, 0) is 15.7 Å². The van der Waals surface area contributed by atoms with Crippen molar-refractivity contribution < 1.29 is 27.5 Å². The molecule has 1 saturated heterocycles. The van der Waals surface area contributed by atoms with E-state index in [1.54, 1.807) is 40.0 Å². The molecule has 0 spiro atoms. The molecule has 0 aliphatic carbocycles. The third-order valence-electron chi connectivity index (χ3n) is 5.26. The van der Waals surface area contributed by atoms with Gasteiger partial charge in [-0.3, -0.25) is 9.78 Å². The third kappa shape index (κ3) is 6.28. The number of likely N-dealkylation sites (N-methyl/N-ethyl adjacent to an activating group) is 1. The van der Waals surface area contributed by atoms with E-state index >= 15 is 0 Å². The zero-order valence-electron chi connectivity index (χ0n) is 19.4. The number of amides is 2. The van der Waals surface area contributed by atoms with Crippen molar-refractivity contribution in [2.75, 3.05) is 20.1 Å². The molecule has 1 aromatic heterocycles. The van der Waals surface area contributed by atoms with Crippen molar-refractivity contribution >= 4 is 12.0 Å². The Morgan fingerprint density at radius 2 is 1.91 bits per heavy atom. The number of hydrogen-bond donors (Lipinski definition) is 0. The molecule has 1 aliphatic rings. The summed E-state index contributed by atoms with van der Waals surface area (Å²) < 4.78 is 46.3. The minimum atomic E-state index is -4.61. The van der Waals surface area contributed by atoms with Crippen LogP contribution in [0, 0.1) is 11.8 Å². The van der Waals surface area contributed by atoms with E-state index in [0.717, 1.165) is 6.07 Å². The molecule has 0 unspecified atom stereocenters. The molecule has 9 heteroatoms. The van der Waals surface area contributed by atoms with Crippen molar-refractivity contribution in [3.63, 3.8) is 0 Å². The van der Waals surface area contributed by atoms with Crippen molar-refractivity contribution in [3.05, 3.63) is 53.7 Å². The summed E-state index contributed by atoms with van der Waals surface area (Å²) in [5.41, 5.74) is -1.29. The van der Waals surface area contributed by atoms with Gasteiger partial charge in [-0.15, -0.1) is 0 Å². The lowest BCUT2D eigenvalue weighted by atomic mass is 10.0. The molecule has 1 aromatic carbocycles. The highest BCUT2D eigenvalue weighted by Crippen LogP contribution is 2.36. The molecule has 0 saturated carbocycles. The average Bonchev–Trinajstić information content (AvgIpc) is 3.26. The van der Waals surface area contributed by atoms with Crippen molar-refractivity contribution in [1.82, 2.24) is 14.8 Å². The summed E-state index contributed by atoms with van der Waals surface area (Å²) in [6.45, 7) is 5.97. The summed E-state index contributed by atoms with van der Waals surface area (Å²) >= 11 is 0. The van der Waals surface area contributed by atoms with E-state index in [-0.39, 0.29) is 29.4 Å². The van der Waals surface area contributed by atoms with E-state index in [1.807, 2.05) is 0 Å². The molecule has 1 aliphatic heterocycles. The number of hydrogen-bond acceptors (Lipinski definition) is 4. The first kappa shape index (κ1) is 25.1. The second kappa shape index (κ2) is 9.75. The number of nitrogens with zero attached hydrogens (tertiary/aromatic N) is 3. The minimum absolute atomic E-state index is 0.0578. The Balaban J connectivity index is 1.72. The van der Waals surface area contributed by atoms with Gasteiger partial charge in [0.05, 0.1) is 17.3 Å². The van der Waals surface area contributed by atoms with E-state index in [1.165, 1.54) is 34.2 Å².